The van der Waals surface area contributed by atoms with Gasteiger partial charge in [0.15, 0.2) is 0 Å². The predicted octanol–water partition coefficient (Wildman–Crippen LogP) is 4.53. The van der Waals surface area contributed by atoms with Crippen molar-refractivity contribution in [1.82, 2.24) is 9.88 Å². The summed E-state index contributed by atoms with van der Waals surface area (Å²) < 4.78 is 5.70. The number of rotatable bonds is 7. The van der Waals surface area contributed by atoms with Gasteiger partial charge in [0.2, 0.25) is 0 Å². The number of nitrogens with zero attached hydrogens (tertiary/aromatic N) is 2. The zero-order chi connectivity index (χ0) is 16.8. The lowest BCUT2D eigenvalue weighted by Gasteiger charge is -2.22. The van der Waals surface area contributed by atoms with Gasteiger partial charge in [0, 0.05) is 25.0 Å². The normalized spacial score (nSPS) is 13.4. The average Bonchev–Trinajstić information content (AvgIpc) is 3.41. The predicted molar refractivity (Wildman–Crippen MR) is 94.4 cm³/mol. The summed E-state index contributed by atoms with van der Waals surface area (Å²) in [5.41, 5.74) is 0.774. The number of nitrogens with one attached hydrogen (secondary N) is 1. The van der Waals surface area contributed by atoms with Crippen LogP contribution >= 0.6 is 0 Å². The minimum absolute atomic E-state index is 0.0234. The number of amides is 2. The van der Waals surface area contributed by atoms with Crippen molar-refractivity contribution in [1.29, 1.82) is 0 Å². The van der Waals surface area contributed by atoms with Crippen LogP contribution in [0, 0.1) is 5.92 Å². The Balaban J connectivity index is 1.57. The summed E-state index contributed by atoms with van der Waals surface area (Å²) in [6.07, 6.45) is 6.82. The lowest BCUT2D eigenvalue weighted by Crippen LogP contribution is -2.37. The molecule has 2 aromatic rings. The summed E-state index contributed by atoms with van der Waals surface area (Å²) in [6, 6.07) is 11.0. The molecule has 1 fully saturated rings. The molecular weight excluding hydrogens is 302 g/mol. The number of benzene rings is 1. The summed E-state index contributed by atoms with van der Waals surface area (Å²) in [5.74, 6) is 2.09. The van der Waals surface area contributed by atoms with Crippen LogP contribution in [-0.4, -0.2) is 29.0 Å². The van der Waals surface area contributed by atoms with Crippen LogP contribution < -0.4 is 10.1 Å². The second kappa shape index (κ2) is 7.81. The number of urea groups is 1. The Kier molecular flexibility index (Phi) is 5.31. The molecular formula is C19H23N3O2. The third kappa shape index (κ3) is 4.72. The molecule has 0 saturated heterocycles. The topological polar surface area (TPSA) is 54.5 Å². The smallest absolute Gasteiger partial charge is 0.321 e. The van der Waals surface area contributed by atoms with E-state index in [0.29, 0.717) is 17.4 Å². The lowest BCUT2D eigenvalue weighted by molar-refractivity contribution is 0.209. The highest BCUT2D eigenvalue weighted by Crippen LogP contribution is 2.30. The van der Waals surface area contributed by atoms with Crippen LogP contribution in [0.2, 0.25) is 0 Å². The number of carbonyl (C=O) groups is 1. The number of hydrogen-bond acceptors (Lipinski definition) is 3. The van der Waals surface area contributed by atoms with E-state index in [1.807, 2.05) is 41.3 Å². The summed E-state index contributed by atoms with van der Waals surface area (Å²) >= 11 is 0. The molecule has 1 N–H and O–H groups in total. The molecule has 24 heavy (non-hydrogen) atoms. The van der Waals surface area contributed by atoms with Crippen molar-refractivity contribution in [2.75, 3.05) is 18.4 Å². The standard InChI is InChI=1S/C19H23N3O2/c1-2-12-22(14-15-5-6-15)19(23)21-16-7-9-17(10-8-16)24-18-4-3-11-20-13-18/h3-4,7-11,13,15H,2,5-6,12,14H2,1H3,(H,21,23). The number of aromatic nitrogens is 1. The molecule has 5 nitrogen and oxygen atoms in total. The highest BCUT2D eigenvalue weighted by Gasteiger charge is 2.26. The van der Waals surface area contributed by atoms with E-state index < -0.39 is 0 Å². The Morgan fingerprint density at radius 1 is 1.25 bits per heavy atom. The monoisotopic (exact) mass is 325 g/mol. The SMILES string of the molecule is CCCN(CC1CC1)C(=O)Nc1ccc(Oc2cccnc2)cc1. The second-order valence-corrected chi connectivity index (χ2v) is 6.13. The average molecular weight is 325 g/mol. The van der Waals surface area contributed by atoms with E-state index in [4.69, 9.17) is 4.74 Å². The molecule has 5 heteroatoms. The Morgan fingerprint density at radius 3 is 2.67 bits per heavy atom. The highest BCUT2D eigenvalue weighted by molar-refractivity contribution is 5.89. The van der Waals surface area contributed by atoms with Gasteiger partial charge in [-0.15, -0.1) is 0 Å². The van der Waals surface area contributed by atoms with Crippen LogP contribution in [0.1, 0.15) is 26.2 Å². The van der Waals surface area contributed by atoms with E-state index in [0.717, 1.165) is 25.2 Å². The molecule has 126 valence electrons. The van der Waals surface area contributed by atoms with Crippen LogP contribution in [0.4, 0.5) is 10.5 Å². The first kappa shape index (κ1) is 16.3. The summed E-state index contributed by atoms with van der Waals surface area (Å²) in [7, 11) is 0. The number of pyridine rings is 1. The fourth-order valence-corrected chi connectivity index (χ4v) is 2.51. The quantitative estimate of drug-likeness (QED) is 0.814. The lowest BCUT2D eigenvalue weighted by atomic mass is 10.3. The molecule has 1 aromatic carbocycles. The molecule has 1 aromatic heterocycles. The van der Waals surface area contributed by atoms with Crippen molar-refractivity contribution in [3.63, 3.8) is 0 Å². The van der Waals surface area contributed by atoms with E-state index in [1.165, 1.54) is 12.8 Å². The van der Waals surface area contributed by atoms with E-state index >= 15 is 0 Å². The van der Waals surface area contributed by atoms with E-state index in [2.05, 4.69) is 17.2 Å². The van der Waals surface area contributed by atoms with Crippen LogP contribution in [0.15, 0.2) is 48.8 Å². The summed E-state index contributed by atoms with van der Waals surface area (Å²) in [6.45, 7) is 3.75. The minimum atomic E-state index is -0.0234. The van der Waals surface area contributed by atoms with E-state index in [9.17, 15) is 4.79 Å². The van der Waals surface area contributed by atoms with Crippen molar-refractivity contribution < 1.29 is 9.53 Å². The Morgan fingerprint density at radius 2 is 2.04 bits per heavy atom. The Labute approximate surface area is 142 Å². The van der Waals surface area contributed by atoms with Crippen LogP contribution in [-0.2, 0) is 0 Å². The Hall–Kier alpha value is -2.56. The Bertz CT molecular complexity index is 654. The molecule has 0 aliphatic heterocycles. The fraction of sp³-hybridized carbons (Fsp3) is 0.368. The first-order chi connectivity index (χ1) is 11.7. The van der Waals surface area contributed by atoms with Crippen molar-refractivity contribution in [3.8, 4) is 11.5 Å². The van der Waals surface area contributed by atoms with Crippen molar-refractivity contribution in [2.45, 2.75) is 26.2 Å². The molecule has 3 rings (SSSR count). The van der Waals surface area contributed by atoms with Crippen molar-refractivity contribution in [3.05, 3.63) is 48.8 Å². The van der Waals surface area contributed by atoms with E-state index in [-0.39, 0.29) is 6.03 Å². The van der Waals surface area contributed by atoms with Crippen LogP contribution in [0.25, 0.3) is 0 Å². The highest BCUT2D eigenvalue weighted by atomic mass is 16.5. The molecule has 1 saturated carbocycles. The minimum Gasteiger partial charge on any atom is -0.456 e. The van der Waals surface area contributed by atoms with Gasteiger partial charge in [-0.05, 0) is 61.6 Å². The summed E-state index contributed by atoms with van der Waals surface area (Å²) in [4.78, 5) is 18.3. The number of anilines is 1. The molecule has 0 radical (unpaired) electrons. The van der Waals surface area contributed by atoms with Gasteiger partial charge in [-0.1, -0.05) is 6.92 Å². The van der Waals surface area contributed by atoms with Crippen LogP contribution in [0.5, 0.6) is 11.5 Å². The first-order valence-corrected chi connectivity index (χ1v) is 8.48. The van der Waals surface area contributed by atoms with Gasteiger partial charge in [0.25, 0.3) is 0 Å². The third-order valence-electron chi connectivity index (χ3n) is 3.93. The molecule has 0 bridgehead atoms. The zero-order valence-electron chi connectivity index (χ0n) is 13.9. The maximum absolute atomic E-state index is 12.4. The molecule has 1 aliphatic carbocycles. The van der Waals surface area contributed by atoms with Crippen molar-refractivity contribution >= 4 is 11.7 Å². The third-order valence-corrected chi connectivity index (χ3v) is 3.93. The molecule has 2 amide bonds. The molecule has 0 atom stereocenters. The van der Waals surface area contributed by atoms with Crippen molar-refractivity contribution in [2.24, 2.45) is 5.92 Å². The van der Waals surface area contributed by atoms with Gasteiger partial charge >= 0.3 is 6.03 Å². The number of carbonyl (C=O) groups excluding carboxylic acids is 1. The molecule has 0 unspecified atom stereocenters. The zero-order valence-corrected chi connectivity index (χ0v) is 13.9. The molecule has 0 spiro atoms. The number of ether oxygens (including phenoxy) is 1. The molecule has 1 aliphatic rings. The second-order valence-electron chi connectivity index (χ2n) is 6.13. The summed E-state index contributed by atoms with van der Waals surface area (Å²) in [5, 5.41) is 2.97. The maximum Gasteiger partial charge on any atom is 0.321 e. The molecule has 1 heterocycles. The van der Waals surface area contributed by atoms with Gasteiger partial charge in [-0.25, -0.2) is 4.79 Å². The van der Waals surface area contributed by atoms with E-state index in [1.54, 1.807) is 12.4 Å². The van der Waals surface area contributed by atoms with Gasteiger partial charge in [-0.2, -0.15) is 0 Å². The maximum atomic E-state index is 12.4. The van der Waals surface area contributed by atoms with Gasteiger partial charge in [0.05, 0.1) is 6.20 Å². The van der Waals surface area contributed by atoms with Gasteiger partial charge in [-0.3, -0.25) is 4.98 Å². The number of hydrogen-bond donors (Lipinski definition) is 1. The fourth-order valence-electron chi connectivity index (χ4n) is 2.51. The van der Waals surface area contributed by atoms with Gasteiger partial charge < -0.3 is 15.0 Å². The van der Waals surface area contributed by atoms with Crippen LogP contribution in [0.3, 0.4) is 0 Å². The largest absolute Gasteiger partial charge is 0.456 e. The first-order valence-electron chi connectivity index (χ1n) is 8.48. The van der Waals surface area contributed by atoms with Gasteiger partial charge in [0.1, 0.15) is 11.5 Å².